The number of hydrogen-bond acceptors (Lipinski definition) is 3. The van der Waals surface area contributed by atoms with Crippen molar-refractivity contribution in [2.24, 2.45) is 5.73 Å². The average Bonchev–Trinajstić information content (AvgIpc) is 2.63. The lowest BCUT2D eigenvalue weighted by Crippen LogP contribution is -2.31. The fourth-order valence-corrected chi connectivity index (χ4v) is 4.30. The summed E-state index contributed by atoms with van der Waals surface area (Å²) >= 11 is 6.53. The van der Waals surface area contributed by atoms with Gasteiger partial charge in [0, 0.05) is 25.2 Å². The van der Waals surface area contributed by atoms with Gasteiger partial charge in [-0.3, -0.25) is 14.6 Å². The molecule has 2 amide bonds. The third-order valence-electron chi connectivity index (χ3n) is 5.21. The number of aryl methyl sites for hydroxylation is 1. The minimum absolute atomic E-state index is 0.0756. The van der Waals surface area contributed by atoms with E-state index in [4.69, 9.17) is 17.3 Å². The van der Waals surface area contributed by atoms with E-state index in [1.54, 1.807) is 18.1 Å². The summed E-state index contributed by atoms with van der Waals surface area (Å²) in [5.41, 5.74) is 11.5. The Morgan fingerprint density at radius 2 is 2.08 bits per heavy atom. The van der Waals surface area contributed by atoms with Gasteiger partial charge in [-0.15, -0.1) is 0 Å². The third-order valence-corrected chi connectivity index (χ3v) is 5.50. The number of nitrogens with two attached hydrogens (primary N) is 1. The molecular formula is C20H19ClN3O2. The molecule has 0 unspecified atom stereocenters. The minimum atomic E-state index is -0.505. The van der Waals surface area contributed by atoms with Gasteiger partial charge in [-0.05, 0) is 66.5 Å². The lowest BCUT2D eigenvalue weighted by atomic mass is 9.85. The van der Waals surface area contributed by atoms with Crippen molar-refractivity contribution in [2.75, 3.05) is 11.9 Å². The number of amides is 2. The maximum absolute atomic E-state index is 12.0. The highest BCUT2D eigenvalue weighted by Crippen LogP contribution is 2.40. The fraction of sp³-hybridized carbons (Fsp3) is 0.300. The van der Waals surface area contributed by atoms with Gasteiger partial charge in [0.1, 0.15) is 5.69 Å². The number of primary amides is 1. The van der Waals surface area contributed by atoms with E-state index in [1.165, 1.54) is 0 Å². The topological polar surface area (TPSA) is 76.3 Å². The molecule has 133 valence electrons. The minimum Gasteiger partial charge on any atom is -0.364 e. The Bertz CT molecular complexity index is 939. The zero-order valence-electron chi connectivity index (χ0n) is 14.5. The van der Waals surface area contributed by atoms with Crippen LogP contribution in [0.1, 0.15) is 46.4 Å². The molecule has 0 saturated carbocycles. The largest absolute Gasteiger partial charge is 0.364 e. The lowest BCUT2D eigenvalue weighted by molar-refractivity contribution is -0.118. The van der Waals surface area contributed by atoms with Gasteiger partial charge in [-0.2, -0.15) is 0 Å². The highest BCUT2D eigenvalue weighted by atomic mass is 35.5. The van der Waals surface area contributed by atoms with E-state index in [0.29, 0.717) is 23.6 Å². The number of anilines is 1. The second kappa shape index (κ2) is 6.40. The number of halogens is 1. The monoisotopic (exact) mass is 368 g/mol. The van der Waals surface area contributed by atoms with Crippen LogP contribution in [0, 0.1) is 6.42 Å². The molecule has 1 aliphatic heterocycles. The van der Waals surface area contributed by atoms with Crippen molar-refractivity contribution in [3.05, 3.63) is 52.2 Å². The van der Waals surface area contributed by atoms with Crippen molar-refractivity contribution in [3.63, 3.8) is 0 Å². The van der Waals surface area contributed by atoms with Gasteiger partial charge in [0.25, 0.3) is 5.91 Å². The molecule has 0 fully saturated rings. The summed E-state index contributed by atoms with van der Waals surface area (Å²) in [6.07, 6.45) is 7.72. The fourth-order valence-electron chi connectivity index (χ4n) is 3.94. The zero-order chi connectivity index (χ0) is 18.4. The standard InChI is InChI=1S/C20H19ClN3O2/c1-24-17(25)7-6-11-8-12(9-16(21)19(11)24)15-10-23-18(20(22)26)14-5-3-2-4-13(14)15/h5,8-10H,2-4,6-7H2,1H3,(H2,22,26). The Hall–Kier alpha value is -2.40. The van der Waals surface area contributed by atoms with Gasteiger partial charge in [0.15, 0.2) is 0 Å². The molecule has 0 atom stereocenters. The quantitative estimate of drug-likeness (QED) is 0.883. The van der Waals surface area contributed by atoms with E-state index in [9.17, 15) is 9.59 Å². The molecule has 1 aromatic carbocycles. The summed E-state index contributed by atoms with van der Waals surface area (Å²) in [7, 11) is 1.76. The van der Waals surface area contributed by atoms with Gasteiger partial charge in [0.05, 0.1) is 10.7 Å². The molecular weight excluding hydrogens is 350 g/mol. The Labute approximate surface area is 157 Å². The number of pyridine rings is 1. The first-order valence-electron chi connectivity index (χ1n) is 8.71. The first kappa shape index (κ1) is 17.0. The van der Waals surface area contributed by atoms with Crippen LogP contribution in [0.4, 0.5) is 5.69 Å². The molecule has 2 aliphatic rings. The molecule has 6 heteroatoms. The van der Waals surface area contributed by atoms with Crippen LogP contribution < -0.4 is 10.6 Å². The molecule has 1 aliphatic carbocycles. The summed E-state index contributed by atoms with van der Waals surface area (Å²) in [5, 5.41) is 0.556. The van der Waals surface area contributed by atoms with Crippen molar-refractivity contribution >= 4 is 29.1 Å². The first-order chi connectivity index (χ1) is 12.5. The van der Waals surface area contributed by atoms with E-state index in [1.807, 2.05) is 12.5 Å². The van der Waals surface area contributed by atoms with Gasteiger partial charge < -0.3 is 10.6 Å². The van der Waals surface area contributed by atoms with Crippen molar-refractivity contribution in [2.45, 2.75) is 32.1 Å². The molecule has 26 heavy (non-hydrogen) atoms. The maximum Gasteiger partial charge on any atom is 0.267 e. The molecule has 2 aromatic rings. The number of benzene rings is 1. The molecule has 2 N–H and O–H groups in total. The third kappa shape index (κ3) is 2.67. The molecule has 4 rings (SSSR count). The highest BCUT2D eigenvalue weighted by molar-refractivity contribution is 6.34. The maximum atomic E-state index is 12.0. The summed E-state index contributed by atoms with van der Waals surface area (Å²) in [6.45, 7) is 0. The average molecular weight is 369 g/mol. The SMILES string of the molecule is CN1C(=O)CCc2cc(-c3cnc(C(N)=O)c4c3CCC[CH]4)cc(Cl)c21. The second-order valence-electron chi connectivity index (χ2n) is 6.79. The van der Waals surface area contributed by atoms with E-state index >= 15 is 0 Å². The number of carbonyl (C=O) groups excluding carboxylic acids is 2. The van der Waals surface area contributed by atoms with Crippen LogP contribution in [-0.2, 0) is 17.6 Å². The molecule has 5 nitrogen and oxygen atoms in total. The number of aromatic nitrogens is 1. The van der Waals surface area contributed by atoms with Crippen molar-refractivity contribution in [1.29, 1.82) is 0 Å². The Balaban J connectivity index is 1.88. The van der Waals surface area contributed by atoms with Crippen LogP contribution in [-0.4, -0.2) is 23.8 Å². The van der Waals surface area contributed by atoms with Gasteiger partial charge in [-0.1, -0.05) is 11.6 Å². The van der Waals surface area contributed by atoms with Crippen molar-refractivity contribution in [1.82, 2.24) is 4.98 Å². The zero-order valence-corrected chi connectivity index (χ0v) is 15.3. The van der Waals surface area contributed by atoms with Crippen LogP contribution in [0.3, 0.4) is 0 Å². The van der Waals surface area contributed by atoms with Crippen molar-refractivity contribution < 1.29 is 9.59 Å². The number of hydrogen-bond donors (Lipinski definition) is 1. The first-order valence-corrected chi connectivity index (χ1v) is 9.09. The molecule has 1 radical (unpaired) electrons. The number of carbonyl (C=O) groups is 2. The van der Waals surface area contributed by atoms with Crippen LogP contribution in [0.15, 0.2) is 18.3 Å². The Morgan fingerprint density at radius 3 is 2.85 bits per heavy atom. The van der Waals surface area contributed by atoms with Crippen LogP contribution in [0.25, 0.3) is 11.1 Å². The smallest absolute Gasteiger partial charge is 0.267 e. The number of fused-ring (bicyclic) bond motifs is 2. The summed E-state index contributed by atoms with van der Waals surface area (Å²) in [5.74, 6) is -0.429. The second-order valence-corrected chi connectivity index (χ2v) is 7.20. The molecule has 0 spiro atoms. The Kier molecular flexibility index (Phi) is 4.19. The molecule has 1 aromatic heterocycles. The number of nitrogens with zero attached hydrogens (tertiary/aromatic N) is 2. The van der Waals surface area contributed by atoms with E-state index in [-0.39, 0.29) is 5.91 Å². The highest BCUT2D eigenvalue weighted by Gasteiger charge is 2.26. The van der Waals surface area contributed by atoms with Crippen LogP contribution in [0.5, 0.6) is 0 Å². The normalized spacial score (nSPS) is 16.2. The summed E-state index contributed by atoms with van der Waals surface area (Å²) in [6, 6.07) is 3.96. The van der Waals surface area contributed by atoms with Gasteiger partial charge in [0.2, 0.25) is 5.91 Å². The van der Waals surface area contributed by atoms with Crippen LogP contribution >= 0.6 is 11.6 Å². The van der Waals surface area contributed by atoms with Crippen molar-refractivity contribution in [3.8, 4) is 11.1 Å². The predicted molar refractivity (Wildman–Crippen MR) is 101 cm³/mol. The Morgan fingerprint density at radius 1 is 1.27 bits per heavy atom. The lowest BCUT2D eigenvalue weighted by Gasteiger charge is -2.28. The predicted octanol–water partition coefficient (Wildman–Crippen LogP) is 3.30. The van der Waals surface area contributed by atoms with Gasteiger partial charge in [-0.25, -0.2) is 0 Å². The molecule has 0 bridgehead atoms. The summed E-state index contributed by atoms with van der Waals surface area (Å²) < 4.78 is 0. The van der Waals surface area contributed by atoms with E-state index < -0.39 is 5.91 Å². The van der Waals surface area contributed by atoms with Crippen LogP contribution in [0.2, 0.25) is 5.02 Å². The van der Waals surface area contributed by atoms with E-state index in [0.717, 1.165) is 52.8 Å². The molecule has 2 heterocycles. The number of rotatable bonds is 2. The summed E-state index contributed by atoms with van der Waals surface area (Å²) in [4.78, 5) is 29.6. The molecule has 0 saturated heterocycles. The van der Waals surface area contributed by atoms with E-state index in [2.05, 4.69) is 11.1 Å². The van der Waals surface area contributed by atoms with Gasteiger partial charge >= 0.3 is 0 Å².